The highest BCUT2D eigenvalue weighted by molar-refractivity contribution is 7.92. The first-order valence-corrected chi connectivity index (χ1v) is 10.3. The van der Waals surface area contributed by atoms with E-state index in [0.29, 0.717) is 25.3 Å². The molecular formula is C20H25N3O3S. The van der Waals surface area contributed by atoms with E-state index in [9.17, 15) is 13.2 Å². The molecule has 1 saturated heterocycles. The molecule has 1 unspecified atom stereocenters. The number of nitrogens with zero attached hydrogens (tertiary/aromatic N) is 2. The lowest BCUT2D eigenvalue weighted by Crippen LogP contribution is -2.36. The topological polar surface area (TPSA) is 83.7 Å². The second-order valence-corrected chi connectivity index (χ2v) is 9.23. The number of anilines is 1. The van der Waals surface area contributed by atoms with Crippen LogP contribution in [0, 0.1) is 5.41 Å². The number of carbonyl (C=O) groups is 1. The van der Waals surface area contributed by atoms with E-state index >= 15 is 0 Å². The van der Waals surface area contributed by atoms with Crippen LogP contribution in [0.1, 0.15) is 23.7 Å². The molecule has 0 spiro atoms. The molecular weight excluding hydrogens is 362 g/mol. The average Bonchev–Trinajstić information content (AvgIpc) is 3.10. The lowest BCUT2D eigenvalue weighted by atomic mass is 9.90. The van der Waals surface area contributed by atoms with Gasteiger partial charge in [0.2, 0.25) is 0 Å². The number of para-hydroxylation sites is 1. The lowest BCUT2D eigenvalue weighted by Gasteiger charge is -2.24. The fourth-order valence-electron chi connectivity index (χ4n) is 3.33. The molecule has 6 nitrogen and oxygen atoms in total. The van der Waals surface area contributed by atoms with E-state index in [1.807, 2.05) is 13.0 Å². The number of sulfonamides is 1. The van der Waals surface area contributed by atoms with Crippen LogP contribution in [-0.4, -0.2) is 45.9 Å². The van der Waals surface area contributed by atoms with E-state index in [2.05, 4.69) is 0 Å². The fraction of sp³-hybridized carbons (Fsp3) is 0.350. The highest BCUT2D eigenvalue weighted by Gasteiger charge is 2.37. The number of hydrogen-bond donors (Lipinski definition) is 1. The molecule has 1 aliphatic heterocycles. The maximum atomic E-state index is 13.2. The van der Waals surface area contributed by atoms with E-state index < -0.39 is 10.0 Å². The molecule has 2 N–H and O–H groups in total. The predicted octanol–water partition coefficient (Wildman–Crippen LogP) is 2.32. The minimum Gasteiger partial charge on any atom is -0.338 e. The van der Waals surface area contributed by atoms with Crippen molar-refractivity contribution in [3.63, 3.8) is 0 Å². The Morgan fingerprint density at radius 3 is 2.41 bits per heavy atom. The molecule has 2 aromatic rings. The number of hydrogen-bond acceptors (Lipinski definition) is 4. The Balaban J connectivity index is 1.96. The van der Waals surface area contributed by atoms with Gasteiger partial charge in [0.25, 0.3) is 15.9 Å². The number of likely N-dealkylation sites (tertiary alicyclic amines) is 1. The van der Waals surface area contributed by atoms with E-state index in [1.54, 1.807) is 47.4 Å². The summed E-state index contributed by atoms with van der Waals surface area (Å²) in [5.74, 6) is -0.271. The van der Waals surface area contributed by atoms with Crippen LogP contribution in [0.15, 0.2) is 59.5 Å². The van der Waals surface area contributed by atoms with Gasteiger partial charge in [-0.3, -0.25) is 9.10 Å². The van der Waals surface area contributed by atoms with Crippen LogP contribution in [0.3, 0.4) is 0 Å². The van der Waals surface area contributed by atoms with Crippen molar-refractivity contribution in [3.05, 3.63) is 60.2 Å². The first-order chi connectivity index (χ1) is 12.8. The Morgan fingerprint density at radius 1 is 1.15 bits per heavy atom. The Morgan fingerprint density at radius 2 is 1.78 bits per heavy atom. The van der Waals surface area contributed by atoms with Crippen molar-refractivity contribution in [2.24, 2.45) is 11.1 Å². The molecule has 0 aliphatic carbocycles. The summed E-state index contributed by atoms with van der Waals surface area (Å²) in [4.78, 5) is 14.8. The maximum absolute atomic E-state index is 13.2. The molecule has 0 aromatic heterocycles. The van der Waals surface area contributed by atoms with Gasteiger partial charge in [0.1, 0.15) is 4.90 Å². The van der Waals surface area contributed by atoms with Gasteiger partial charge >= 0.3 is 0 Å². The van der Waals surface area contributed by atoms with Gasteiger partial charge < -0.3 is 10.6 Å². The molecule has 1 atom stereocenters. The lowest BCUT2D eigenvalue weighted by molar-refractivity contribution is 0.0773. The van der Waals surface area contributed by atoms with Crippen LogP contribution in [0.25, 0.3) is 0 Å². The molecule has 144 valence electrons. The molecule has 1 aliphatic rings. The van der Waals surface area contributed by atoms with Crippen LogP contribution in [-0.2, 0) is 10.0 Å². The quantitative estimate of drug-likeness (QED) is 0.853. The van der Waals surface area contributed by atoms with Crippen molar-refractivity contribution >= 4 is 21.6 Å². The number of nitrogens with two attached hydrogens (primary N) is 1. The zero-order valence-electron chi connectivity index (χ0n) is 15.6. The van der Waals surface area contributed by atoms with Gasteiger partial charge in [-0.2, -0.15) is 0 Å². The minimum atomic E-state index is -3.87. The first-order valence-electron chi connectivity index (χ1n) is 8.91. The Bertz CT molecular complexity index is 930. The van der Waals surface area contributed by atoms with Crippen molar-refractivity contribution in [2.75, 3.05) is 31.0 Å². The van der Waals surface area contributed by atoms with Gasteiger partial charge in [-0.1, -0.05) is 37.3 Å². The van der Waals surface area contributed by atoms with Crippen molar-refractivity contribution in [1.29, 1.82) is 0 Å². The SMILES string of the molecule is CN(c1ccccc1)S(=O)(=O)c1ccccc1C(=O)N1CCC(C)(CN)C1. The molecule has 0 saturated carbocycles. The van der Waals surface area contributed by atoms with Gasteiger partial charge in [-0.05, 0) is 42.6 Å². The molecule has 2 aromatic carbocycles. The second kappa shape index (κ2) is 7.32. The van der Waals surface area contributed by atoms with Crippen LogP contribution >= 0.6 is 0 Å². The summed E-state index contributed by atoms with van der Waals surface area (Å²) in [6.07, 6.45) is 0.814. The molecule has 1 fully saturated rings. The van der Waals surface area contributed by atoms with Crippen molar-refractivity contribution in [2.45, 2.75) is 18.2 Å². The summed E-state index contributed by atoms with van der Waals surface area (Å²) < 4.78 is 27.6. The third kappa shape index (κ3) is 3.70. The zero-order chi connectivity index (χ0) is 19.7. The number of amides is 1. The third-order valence-corrected chi connectivity index (χ3v) is 7.06. The first kappa shape index (κ1) is 19.4. The zero-order valence-corrected chi connectivity index (χ0v) is 16.4. The molecule has 0 bridgehead atoms. The van der Waals surface area contributed by atoms with E-state index in [4.69, 9.17) is 5.73 Å². The third-order valence-electron chi connectivity index (χ3n) is 5.21. The fourth-order valence-corrected chi connectivity index (χ4v) is 4.70. The Labute approximate surface area is 160 Å². The van der Waals surface area contributed by atoms with E-state index in [1.165, 1.54) is 17.4 Å². The molecule has 7 heteroatoms. The molecule has 3 rings (SSSR count). The van der Waals surface area contributed by atoms with Crippen molar-refractivity contribution in [1.82, 2.24) is 4.90 Å². The standard InChI is InChI=1S/C20H25N3O3S/c1-20(14-21)12-13-23(15-20)19(24)17-10-6-7-11-18(17)27(25,26)22(2)16-8-4-3-5-9-16/h3-11H,12-15,21H2,1-2H3. The molecule has 27 heavy (non-hydrogen) atoms. The Hall–Kier alpha value is -2.38. The van der Waals surface area contributed by atoms with E-state index in [0.717, 1.165) is 6.42 Å². The van der Waals surface area contributed by atoms with E-state index in [-0.39, 0.29) is 21.8 Å². The monoisotopic (exact) mass is 387 g/mol. The van der Waals surface area contributed by atoms with Gasteiger partial charge in [0, 0.05) is 20.1 Å². The van der Waals surface area contributed by atoms with Gasteiger partial charge in [-0.15, -0.1) is 0 Å². The summed E-state index contributed by atoms with van der Waals surface area (Å²) in [6.45, 7) is 3.65. The Kier molecular flexibility index (Phi) is 5.26. The highest BCUT2D eigenvalue weighted by atomic mass is 32.2. The minimum absolute atomic E-state index is 0.0164. The summed E-state index contributed by atoms with van der Waals surface area (Å²) >= 11 is 0. The molecule has 1 amide bonds. The number of carbonyl (C=O) groups excluding carboxylic acids is 1. The van der Waals surface area contributed by atoms with Crippen LogP contribution < -0.4 is 10.0 Å². The summed E-state index contributed by atoms with van der Waals surface area (Å²) in [7, 11) is -2.38. The van der Waals surface area contributed by atoms with Gasteiger partial charge in [-0.25, -0.2) is 8.42 Å². The number of rotatable bonds is 5. The smallest absolute Gasteiger partial charge is 0.264 e. The molecule has 1 heterocycles. The van der Waals surface area contributed by atoms with Gasteiger partial charge in [0.05, 0.1) is 11.3 Å². The summed E-state index contributed by atoms with van der Waals surface area (Å²) in [5, 5.41) is 0. The summed E-state index contributed by atoms with van der Waals surface area (Å²) in [6, 6.07) is 15.2. The molecule has 0 radical (unpaired) electrons. The highest BCUT2D eigenvalue weighted by Crippen LogP contribution is 2.31. The largest absolute Gasteiger partial charge is 0.338 e. The second-order valence-electron chi connectivity index (χ2n) is 7.30. The summed E-state index contributed by atoms with van der Waals surface area (Å²) in [5.41, 5.74) is 6.45. The van der Waals surface area contributed by atoms with Crippen molar-refractivity contribution in [3.8, 4) is 0 Å². The maximum Gasteiger partial charge on any atom is 0.264 e. The predicted molar refractivity (Wildman–Crippen MR) is 106 cm³/mol. The van der Waals surface area contributed by atoms with Crippen molar-refractivity contribution < 1.29 is 13.2 Å². The van der Waals surface area contributed by atoms with Crippen LogP contribution in [0.5, 0.6) is 0 Å². The normalized spacial score (nSPS) is 19.9. The van der Waals surface area contributed by atoms with Gasteiger partial charge in [0.15, 0.2) is 0 Å². The van der Waals surface area contributed by atoms with Crippen LogP contribution in [0.4, 0.5) is 5.69 Å². The average molecular weight is 388 g/mol. The number of benzene rings is 2. The van der Waals surface area contributed by atoms with Crippen LogP contribution in [0.2, 0.25) is 0 Å².